The minimum absolute atomic E-state index is 0.176. The number of fused-ring (bicyclic) bond motifs is 1. The summed E-state index contributed by atoms with van der Waals surface area (Å²) in [5, 5.41) is 27.8. The summed E-state index contributed by atoms with van der Waals surface area (Å²) in [6, 6.07) is 16.4. The van der Waals surface area contributed by atoms with E-state index in [2.05, 4.69) is 71.0 Å². The topological polar surface area (TPSA) is 94.7 Å². The van der Waals surface area contributed by atoms with E-state index in [1.165, 1.54) is 19.3 Å². The highest BCUT2D eigenvalue weighted by atomic mass is 35.5. The van der Waals surface area contributed by atoms with Crippen LogP contribution >= 0.6 is 11.6 Å². The number of halogens is 1. The molecule has 0 radical (unpaired) electrons. The second-order valence-electron chi connectivity index (χ2n) is 12.7. The van der Waals surface area contributed by atoms with E-state index in [0.717, 1.165) is 66.0 Å². The van der Waals surface area contributed by atoms with Crippen molar-refractivity contribution in [1.29, 1.82) is 5.26 Å². The molecule has 4 aromatic rings. The van der Waals surface area contributed by atoms with E-state index in [1.807, 2.05) is 35.0 Å². The highest BCUT2D eigenvalue weighted by Gasteiger charge is 2.29. The number of nitrogens with one attached hydrogen (secondary N) is 2. The molecule has 1 saturated carbocycles. The van der Waals surface area contributed by atoms with Crippen LogP contribution in [0.4, 0.5) is 11.4 Å². The van der Waals surface area contributed by atoms with Crippen LogP contribution in [0.15, 0.2) is 54.9 Å². The number of rotatable bonds is 8. The Bertz CT molecular complexity index is 1570. The molecule has 0 amide bonds. The highest BCUT2D eigenvalue weighted by molar-refractivity contribution is 6.32. The van der Waals surface area contributed by atoms with Crippen molar-refractivity contribution in [3.05, 3.63) is 76.7 Å². The Morgan fingerprint density at radius 1 is 1.10 bits per heavy atom. The van der Waals surface area contributed by atoms with Gasteiger partial charge in [-0.3, -0.25) is 9.88 Å². The normalized spacial score (nSPS) is 17.5. The number of pyridine rings is 1. The average molecular weight is 583 g/mol. The summed E-state index contributed by atoms with van der Waals surface area (Å²) in [5.41, 5.74) is 4.95. The second-order valence-corrected chi connectivity index (χ2v) is 13.1. The number of likely N-dealkylation sites (tertiary alicyclic amines) is 1. The smallest absolute Gasteiger partial charge is 0.109 e. The molecule has 2 aromatic heterocycles. The Labute approximate surface area is 253 Å². The number of hydrogen-bond donors (Lipinski definition) is 2. The summed E-state index contributed by atoms with van der Waals surface area (Å²) in [5.74, 6) is 0.641. The molecule has 1 saturated heterocycles. The molecule has 0 unspecified atom stereocenters. The molecule has 1 aliphatic heterocycles. The van der Waals surface area contributed by atoms with Crippen LogP contribution in [0.1, 0.15) is 81.8 Å². The Morgan fingerprint density at radius 2 is 1.86 bits per heavy atom. The van der Waals surface area contributed by atoms with Crippen LogP contribution in [0.3, 0.4) is 0 Å². The van der Waals surface area contributed by atoms with Crippen molar-refractivity contribution in [1.82, 2.24) is 24.9 Å². The van der Waals surface area contributed by atoms with Crippen LogP contribution in [0.2, 0.25) is 5.02 Å². The first-order valence-corrected chi connectivity index (χ1v) is 15.4. The second kappa shape index (κ2) is 11.9. The fourth-order valence-corrected chi connectivity index (χ4v) is 6.35. The molecular weight excluding hydrogens is 544 g/mol. The van der Waals surface area contributed by atoms with Gasteiger partial charge >= 0.3 is 0 Å². The fraction of sp³-hybridized carbons (Fsp3) is 0.455. The number of benzene rings is 2. The zero-order chi connectivity index (χ0) is 29.3. The molecule has 2 aromatic carbocycles. The van der Waals surface area contributed by atoms with Gasteiger partial charge in [-0.2, -0.15) is 5.26 Å². The Morgan fingerprint density at radius 3 is 2.52 bits per heavy atom. The molecule has 2 fully saturated rings. The molecule has 6 rings (SSSR count). The Kier molecular flexibility index (Phi) is 8.06. The zero-order valence-corrected chi connectivity index (χ0v) is 25.4. The van der Waals surface area contributed by atoms with E-state index >= 15 is 0 Å². The van der Waals surface area contributed by atoms with E-state index in [0.29, 0.717) is 22.5 Å². The van der Waals surface area contributed by atoms with Gasteiger partial charge in [-0.25, -0.2) is 4.68 Å². The molecule has 1 atom stereocenters. The number of hydrogen-bond acceptors (Lipinski definition) is 7. The largest absolute Gasteiger partial charge is 0.383 e. The van der Waals surface area contributed by atoms with Gasteiger partial charge in [-0.05, 0) is 70.1 Å². The van der Waals surface area contributed by atoms with E-state index in [1.54, 1.807) is 6.20 Å². The zero-order valence-electron chi connectivity index (χ0n) is 24.6. The van der Waals surface area contributed by atoms with E-state index in [4.69, 9.17) is 16.6 Å². The van der Waals surface area contributed by atoms with Crippen molar-refractivity contribution in [3.63, 3.8) is 0 Å². The summed E-state index contributed by atoms with van der Waals surface area (Å²) in [6.45, 7) is 9.77. The van der Waals surface area contributed by atoms with Gasteiger partial charge in [-0.15, -0.1) is 5.10 Å². The monoisotopic (exact) mass is 582 g/mol. The number of piperidine rings is 1. The van der Waals surface area contributed by atoms with Crippen LogP contribution in [0.25, 0.3) is 10.9 Å². The molecule has 9 heteroatoms. The van der Waals surface area contributed by atoms with Crippen LogP contribution < -0.4 is 10.6 Å². The molecule has 2 aliphatic rings. The third-order valence-corrected chi connectivity index (χ3v) is 9.11. The van der Waals surface area contributed by atoms with Gasteiger partial charge in [0.05, 0.1) is 40.7 Å². The average Bonchev–Trinajstić information content (AvgIpc) is 3.45. The lowest BCUT2D eigenvalue weighted by molar-refractivity contribution is 0.0866. The maximum absolute atomic E-state index is 9.86. The molecular formula is C33H39ClN8. The van der Waals surface area contributed by atoms with Crippen molar-refractivity contribution in [2.45, 2.75) is 70.5 Å². The first-order valence-electron chi connectivity index (χ1n) is 15.0. The van der Waals surface area contributed by atoms with Gasteiger partial charge in [0, 0.05) is 41.8 Å². The fourth-order valence-electron chi connectivity index (χ4n) is 6.13. The summed E-state index contributed by atoms with van der Waals surface area (Å²) in [6.07, 6.45) is 9.55. The lowest BCUT2D eigenvalue weighted by Crippen LogP contribution is -2.46. The molecule has 218 valence electrons. The first kappa shape index (κ1) is 28.4. The van der Waals surface area contributed by atoms with Gasteiger partial charge in [-0.1, -0.05) is 53.6 Å². The molecule has 1 aliphatic carbocycles. The Hall–Kier alpha value is -3.67. The van der Waals surface area contributed by atoms with Crippen LogP contribution in [0.5, 0.6) is 0 Å². The predicted molar refractivity (Wildman–Crippen MR) is 169 cm³/mol. The summed E-state index contributed by atoms with van der Waals surface area (Å²) >= 11 is 6.70. The number of nitrogens with zero attached hydrogens (tertiary/aromatic N) is 6. The lowest BCUT2D eigenvalue weighted by Gasteiger charge is -2.40. The lowest BCUT2D eigenvalue weighted by atomic mass is 9.85. The van der Waals surface area contributed by atoms with E-state index in [-0.39, 0.29) is 11.6 Å². The van der Waals surface area contributed by atoms with Crippen LogP contribution in [-0.4, -0.2) is 50.1 Å². The number of aromatic nitrogens is 4. The quantitative estimate of drug-likeness (QED) is 0.227. The van der Waals surface area contributed by atoms with Gasteiger partial charge in [0.2, 0.25) is 0 Å². The molecule has 8 nitrogen and oxygen atoms in total. The van der Waals surface area contributed by atoms with Gasteiger partial charge < -0.3 is 10.6 Å². The van der Waals surface area contributed by atoms with E-state index in [9.17, 15) is 5.26 Å². The molecule has 3 heterocycles. The van der Waals surface area contributed by atoms with Crippen molar-refractivity contribution in [2.24, 2.45) is 5.92 Å². The highest BCUT2D eigenvalue weighted by Crippen LogP contribution is 2.37. The van der Waals surface area contributed by atoms with Crippen molar-refractivity contribution in [3.8, 4) is 6.07 Å². The first-order chi connectivity index (χ1) is 20.3. The summed E-state index contributed by atoms with van der Waals surface area (Å²) in [4.78, 5) is 7.27. The summed E-state index contributed by atoms with van der Waals surface area (Å²) < 4.78 is 2.04. The van der Waals surface area contributed by atoms with Crippen LogP contribution in [0, 0.1) is 17.2 Å². The summed E-state index contributed by atoms with van der Waals surface area (Å²) in [7, 11) is 0. The van der Waals surface area contributed by atoms with Crippen molar-refractivity contribution >= 4 is 33.9 Å². The van der Waals surface area contributed by atoms with E-state index < -0.39 is 0 Å². The SMILES string of the molecule is CC(C)(C)N1CCC(n2cc([C@@H](Nc3cc(Cl)cc4c(NCC5CCC5)c(C#N)cnc34)c3ccccc3)nn2)CC1. The van der Waals surface area contributed by atoms with Gasteiger partial charge in [0.25, 0.3) is 0 Å². The maximum Gasteiger partial charge on any atom is 0.109 e. The predicted octanol–water partition coefficient (Wildman–Crippen LogP) is 7.20. The minimum atomic E-state index is -0.264. The molecule has 0 spiro atoms. The number of anilines is 2. The van der Waals surface area contributed by atoms with Crippen LogP contribution in [-0.2, 0) is 0 Å². The molecule has 42 heavy (non-hydrogen) atoms. The Balaban J connectivity index is 1.32. The molecule has 0 bridgehead atoms. The molecule has 2 N–H and O–H groups in total. The van der Waals surface area contributed by atoms with Gasteiger partial charge in [0.15, 0.2) is 0 Å². The maximum atomic E-state index is 9.86. The third kappa shape index (κ3) is 5.95. The van der Waals surface area contributed by atoms with Gasteiger partial charge in [0.1, 0.15) is 11.8 Å². The third-order valence-electron chi connectivity index (χ3n) is 8.89. The van der Waals surface area contributed by atoms with Crippen molar-refractivity contribution in [2.75, 3.05) is 30.3 Å². The standard InChI is InChI=1S/C33H39ClN8/c1-33(2,3)41-14-12-26(13-15-41)42-21-29(39-40-42)31(23-10-5-4-6-11-23)38-28-17-25(34)16-27-30(36-19-22-8-7-9-22)24(18-35)20-37-32(27)28/h4-6,10-11,16-17,20-22,26,31,38H,7-9,12-15,19H2,1-3H3,(H,36,37)/t31-/m0/s1. The van der Waals surface area contributed by atoms with Crippen molar-refractivity contribution < 1.29 is 0 Å². The minimum Gasteiger partial charge on any atom is -0.383 e. The number of nitriles is 1.